The van der Waals surface area contributed by atoms with Gasteiger partial charge in [-0.25, -0.2) is 8.42 Å². The van der Waals surface area contributed by atoms with Crippen LogP contribution in [0.1, 0.15) is 12.0 Å². The Morgan fingerprint density at radius 3 is 2.50 bits per heavy atom. The van der Waals surface area contributed by atoms with Crippen LogP contribution >= 0.6 is 11.8 Å². The molecule has 0 heterocycles. The molecule has 0 amide bonds. The Balaban J connectivity index is 2.28. The third kappa shape index (κ3) is 8.29. The highest BCUT2D eigenvalue weighted by atomic mass is 32.2. The molecular formula is C15H25N3O2S2. The molecule has 0 aliphatic heterocycles. The number of nitrogens with one attached hydrogen (secondary N) is 2. The molecule has 5 nitrogen and oxygen atoms in total. The molecule has 1 rings (SSSR count). The number of hydrogen-bond acceptors (Lipinski definition) is 4. The number of hydrogen-bond donors (Lipinski definition) is 2. The fourth-order valence-electron chi connectivity index (χ4n) is 1.89. The number of aliphatic imine (C=N–C) groups is 1. The maximum atomic E-state index is 12.0. The Hall–Kier alpha value is -1.21. The lowest BCUT2D eigenvalue weighted by molar-refractivity contribution is 0.591. The highest BCUT2D eigenvalue weighted by molar-refractivity contribution is 7.98. The van der Waals surface area contributed by atoms with E-state index in [0.717, 1.165) is 23.8 Å². The number of thioether (sulfide) groups is 1. The van der Waals surface area contributed by atoms with Gasteiger partial charge < -0.3 is 10.6 Å². The number of sulfone groups is 1. The Morgan fingerprint density at radius 1 is 1.18 bits per heavy atom. The number of benzene rings is 1. The van der Waals surface area contributed by atoms with Crippen LogP contribution in [0.2, 0.25) is 0 Å². The van der Waals surface area contributed by atoms with Crippen molar-refractivity contribution < 1.29 is 8.42 Å². The van der Waals surface area contributed by atoms with Gasteiger partial charge in [0.1, 0.15) is 0 Å². The lowest BCUT2D eigenvalue weighted by atomic mass is 10.2. The van der Waals surface area contributed by atoms with E-state index in [2.05, 4.69) is 21.9 Å². The van der Waals surface area contributed by atoms with E-state index in [-0.39, 0.29) is 11.5 Å². The lowest BCUT2D eigenvalue weighted by Crippen LogP contribution is -2.39. The van der Waals surface area contributed by atoms with Crippen LogP contribution in [0.5, 0.6) is 0 Å². The first-order valence-corrected chi connectivity index (χ1v) is 10.5. The summed E-state index contributed by atoms with van der Waals surface area (Å²) >= 11 is 1.76. The molecule has 22 heavy (non-hydrogen) atoms. The maximum absolute atomic E-state index is 12.0. The Bertz CT molecular complexity index is 545. The van der Waals surface area contributed by atoms with Crippen LogP contribution in [0.3, 0.4) is 0 Å². The Labute approximate surface area is 137 Å². The van der Waals surface area contributed by atoms with Gasteiger partial charge in [0.25, 0.3) is 0 Å². The average molecular weight is 344 g/mol. The third-order valence-corrected chi connectivity index (χ3v) is 5.27. The van der Waals surface area contributed by atoms with Gasteiger partial charge in [0.2, 0.25) is 0 Å². The summed E-state index contributed by atoms with van der Waals surface area (Å²) in [6, 6.07) is 9.28. The van der Waals surface area contributed by atoms with Crippen LogP contribution in [0.25, 0.3) is 0 Å². The molecule has 0 saturated heterocycles. The van der Waals surface area contributed by atoms with Crippen molar-refractivity contribution in [2.45, 2.75) is 12.2 Å². The van der Waals surface area contributed by atoms with Crippen molar-refractivity contribution in [3.8, 4) is 0 Å². The quantitative estimate of drug-likeness (QED) is 0.404. The third-order valence-electron chi connectivity index (χ3n) is 2.98. The van der Waals surface area contributed by atoms with Crippen molar-refractivity contribution in [2.75, 3.05) is 37.9 Å². The van der Waals surface area contributed by atoms with Gasteiger partial charge in [-0.05, 0) is 18.2 Å². The largest absolute Gasteiger partial charge is 0.356 e. The Kier molecular flexibility index (Phi) is 9.00. The zero-order valence-electron chi connectivity index (χ0n) is 13.2. The van der Waals surface area contributed by atoms with Crippen LogP contribution in [0.15, 0.2) is 35.3 Å². The summed E-state index contributed by atoms with van der Waals surface area (Å²) in [5.74, 6) is 2.01. The van der Waals surface area contributed by atoms with E-state index in [1.165, 1.54) is 0 Å². The van der Waals surface area contributed by atoms with E-state index in [4.69, 9.17) is 0 Å². The first kappa shape index (κ1) is 18.8. The predicted octanol–water partition coefficient (Wildman–Crippen LogP) is 1.52. The normalized spacial score (nSPS) is 12.2. The summed E-state index contributed by atoms with van der Waals surface area (Å²) in [7, 11) is -1.35. The second kappa shape index (κ2) is 10.5. The molecule has 0 aromatic heterocycles. The molecule has 0 atom stereocenters. The van der Waals surface area contributed by atoms with E-state index in [0.29, 0.717) is 13.0 Å². The molecule has 0 spiro atoms. The van der Waals surface area contributed by atoms with Gasteiger partial charge in [0.15, 0.2) is 15.8 Å². The number of nitrogens with zero attached hydrogens (tertiary/aromatic N) is 1. The molecule has 7 heteroatoms. The van der Waals surface area contributed by atoms with Crippen LogP contribution < -0.4 is 10.6 Å². The minimum atomic E-state index is -3.06. The molecule has 0 radical (unpaired) electrons. The summed E-state index contributed by atoms with van der Waals surface area (Å²) in [6.45, 7) is 1.43. The van der Waals surface area contributed by atoms with Crippen LogP contribution in [0.4, 0.5) is 0 Å². The molecule has 124 valence electrons. The van der Waals surface area contributed by atoms with Crippen molar-refractivity contribution >= 4 is 27.6 Å². The topological polar surface area (TPSA) is 70.6 Å². The first-order valence-electron chi connectivity index (χ1n) is 7.25. The number of guanidine groups is 1. The molecule has 2 N–H and O–H groups in total. The molecule has 1 aromatic carbocycles. The lowest BCUT2D eigenvalue weighted by Gasteiger charge is -2.11. The second-order valence-corrected chi connectivity index (χ2v) is 8.02. The van der Waals surface area contributed by atoms with Crippen LogP contribution in [-0.2, 0) is 15.6 Å². The van der Waals surface area contributed by atoms with Crippen molar-refractivity contribution in [3.05, 3.63) is 35.9 Å². The van der Waals surface area contributed by atoms with E-state index in [1.807, 2.05) is 30.3 Å². The van der Waals surface area contributed by atoms with Crippen molar-refractivity contribution in [2.24, 2.45) is 4.99 Å². The highest BCUT2D eigenvalue weighted by Crippen LogP contribution is 2.06. The maximum Gasteiger partial charge on any atom is 0.191 e. The summed E-state index contributed by atoms with van der Waals surface area (Å²) in [5, 5.41) is 6.31. The SMILES string of the molecule is CN=C(NCCCS(=O)(=O)Cc1ccccc1)NCCSC. The molecule has 1 aromatic rings. The van der Waals surface area contributed by atoms with Crippen molar-refractivity contribution in [3.63, 3.8) is 0 Å². The average Bonchev–Trinajstić information content (AvgIpc) is 2.50. The van der Waals surface area contributed by atoms with Gasteiger partial charge in [-0.2, -0.15) is 11.8 Å². The van der Waals surface area contributed by atoms with Gasteiger partial charge in [-0.3, -0.25) is 4.99 Å². The van der Waals surface area contributed by atoms with Gasteiger partial charge in [0.05, 0.1) is 11.5 Å². The summed E-state index contributed by atoms with van der Waals surface area (Å²) in [5.41, 5.74) is 0.838. The van der Waals surface area contributed by atoms with Crippen molar-refractivity contribution in [1.29, 1.82) is 0 Å². The second-order valence-electron chi connectivity index (χ2n) is 4.85. The Morgan fingerprint density at radius 2 is 1.86 bits per heavy atom. The molecule has 0 unspecified atom stereocenters. The summed E-state index contributed by atoms with van der Waals surface area (Å²) < 4.78 is 24.1. The minimum absolute atomic E-state index is 0.106. The zero-order valence-corrected chi connectivity index (χ0v) is 14.8. The van der Waals surface area contributed by atoms with Gasteiger partial charge >= 0.3 is 0 Å². The minimum Gasteiger partial charge on any atom is -0.356 e. The summed E-state index contributed by atoms with van der Waals surface area (Å²) in [6.07, 6.45) is 2.62. The van der Waals surface area contributed by atoms with E-state index >= 15 is 0 Å². The fourth-order valence-corrected chi connectivity index (χ4v) is 3.63. The standard InChI is InChI=1S/C15H25N3O2S2/c1-16-15(18-10-11-21-2)17-9-6-12-22(19,20)13-14-7-4-3-5-8-14/h3-5,7-8H,6,9-13H2,1-2H3,(H2,16,17,18). The van der Waals surface area contributed by atoms with Crippen molar-refractivity contribution in [1.82, 2.24) is 10.6 Å². The van der Waals surface area contributed by atoms with Crippen LogP contribution in [-0.4, -0.2) is 52.3 Å². The smallest absolute Gasteiger partial charge is 0.191 e. The number of rotatable bonds is 9. The molecule has 0 bridgehead atoms. The monoisotopic (exact) mass is 343 g/mol. The zero-order chi connectivity index (χ0) is 16.3. The fraction of sp³-hybridized carbons (Fsp3) is 0.533. The van der Waals surface area contributed by atoms with Gasteiger partial charge in [0, 0.05) is 25.9 Å². The molecule has 0 aliphatic rings. The van der Waals surface area contributed by atoms with E-state index in [9.17, 15) is 8.42 Å². The van der Waals surface area contributed by atoms with E-state index in [1.54, 1.807) is 18.8 Å². The summed E-state index contributed by atoms with van der Waals surface area (Å²) in [4.78, 5) is 4.10. The molecule has 0 saturated carbocycles. The van der Waals surface area contributed by atoms with E-state index < -0.39 is 9.84 Å². The molecular weight excluding hydrogens is 318 g/mol. The van der Waals surface area contributed by atoms with Crippen LogP contribution in [0, 0.1) is 0 Å². The van der Waals surface area contributed by atoms with Gasteiger partial charge in [-0.1, -0.05) is 30.3 Å². The molecule has 0 fully saturated rings. The highest BCUT2D eigenvalue weighted by Gasteiger charge is 2.11. The van der Waals surface area contributed by atoms with Gasteiger partial charge in [-0.15, -0.1) is 0 Å². The predicted molar refractivity (Wildman–Crippen MR) is 96.3 cm³/mol. The first-order chi connectivity index (χ1) is 10.6. The molecule has 0 aliphatic carbocycles.